The van der Waals surface area contributed by atoms with Gasteiger partial charge in [0.25, 0.3) is 0 Å². The van der Waals surface area contributed by atoms with E-state index < -0.39 is 29.6 Å². The van der Waals surface area contributed by atoms with Gasteiger partial charge in [0.1, 0.15) is 17.7 Å². The van der Waals surface area contributed by atoms with E-state index in [0.29, 0.717) is 19.0 Å². The summed E-state index contributed by atoms with van der Waals surface area (Å²) >= 11 is 0. The van der Waals surface area contributed by atoms with Crippen LogP contribution in [0.3, 0.4) is 0 Å². The van der Waals surface area contributed by atoms with Gasteiger partial charge in [-0.05, 0) is 43.9 Å². The minimum absolute atomic E-state index is 0.00231. The topological polar surface area (TPSA) is 46.6 Å². The molecule has 2 aliphatic rings. The van der Waals surface area contributed by atoms with Crippen LogP contribution in [0.25, 0.3) is 0 Å². The lowest BCUT2D eigenvalue weighted by Crippen LogP contribution is -2.29. The summed E-state index contributed by atoms with van der Waals surface area (Å²) < 4.78 is 32.2. The van der Waals surface area contributed by atoms with Crippen molar-refractivity contribution in [2.45, 2.75) is 32.3 Å². The molecule has 6 heteroatoms. The predicted octanol–water partition coefficient (Wildman–Crippen LogP) is 2.83. The van der Waals surface area contributed by atoms with Gasteiger partial charge in [0.2, 0.25) is 5.91 Å². The first-order valence-corrected chi connectivity index (χ1v) is 7.87. The van der Waals surface area contributed by atoms with E-state index in [1.54, 1.807) is 4.90 Å². The molecule has 0 N–H and O–H groups in total. The van der Waals surface area contributed by atoms with Crippen LogP contribution in [0.4, 0.5) is 8.78 Å². The van der Waals surface area contributed by atoms with Crippen LogP contribution in [0.2, 0.25) is 0 Å². The standard InChI is InChI=1S/C17H19F2NO3/c1-10(14-7-13(18)4-5-15(14)19)23-17(22)12-6-16(21)20(9-12)8-11-2-3-11/h4-5,7,10-12H,2-3,6,8-9H2,1H3/t10-,12-/m1/s1. The normalized spacial score (nSPS) is 22.3. The third kappa shape index (κ3) is 3.68. The number of rotatable bonds is 5. The van der Waals surface area contributed by atoms with Gasteiger partial charge in [-0.3, -0.25) is 9.59 Å². The molecule has 1 heterocycles. The first kappa shape index (κ1) is 15.9. The van der Waals surface area contributed by atoms with Crippen LogP contribution in [0.15, 0.2) is 18.2 Å². The molecule has 4 nitrogen and oxygen atoms in total. The van der Waals surface area contributed by atoms with E-state index in [1.807, 2.05) is 0 Å². The zero-order chi connectivity index (χ0) is 16.6. The molecule has 0 aromatic heterocycles. The van der Waals surface area contributed by atoms with Gasteiger partial charge >= 0.3 is 5.97 Å². The number of carbonyl (C=O) groups is 2. The van der Waals surface area contributed by atoms with Crippen LogP contribution in [0.5, 0.6) is 0 Å². The Labute approximate surface area is 133 Å². The Bertz CT molecular complexity index is 630. The van der Waals surface area contributed by atoms with Crippen molar-refractivity contribution in [2.24, 2.45) is 11.8 Å². The molecule has 3 rings (SSSR count). The lowest BCUT2D eigenvalue weighted by atomic mass is 10.1. The smallest absolute Gasteiger partial charge is 0.311 e. The SMILES string of the molecule is C[C@@H](OC(=O)[C@@H]1CC(=O)N(CC2CC2)C1)c1cc(F)ccc1F. The molecule has 2 atom stereocenters. The highest BCUT2D eigenvalue weighted by atomic mass is 19.1. The number of likely N-dealkylation sites (tertiary alicyclic amines) is 1. The first-order valence-electron chi connectivity index (χ1n) is 7.87. The molecule has 2 fully saturated rings. The first-order chi connectivity index (χ1) is 10.9. The van der Waals surface area contributed by atoms with E-state index in [4.69, 9.17) is 4.74 Å². The Morgan fingerprint density at radius 1 is 1.39 bits per heavy atom. The zero-order valence-electron chi connectivity index (χ0n) is 12.9. The number of ether oxygens (including phenoxy) is 1. The van der Waals surface area contributed by atoms with Gasteiger partial charge in [-0.15, -0.1) is 0 Å². The summed E-state index contributed by atoms with van der Waals surface area (Å²) in [5.41, 5.74) is -0.00231. The van der Waals surface area contributed by atoms with Crippen LogP contribution < -0.4 is 0 Å². The highest BCUT2D eigenvalue weighted by Crippen LogP contribution is 2.32. The number of halogens is 2. The van der Waals surface area contributed by atoms with Crippen LogP contribution in [0, 0.1) is 23.5 Å². The Morgan fingerprint density at radius 2 is 2.13 bits per heavy atom. The van der Waals surface area contributed by atoms with Gasteiger partial charge in [-0.25, -0.2) is 8.78 Å². The van der Waals surface area contributed by atoms with E-state index in [2.05, 4.69) is 0 Å². The van der Waals surface area contributed by atoms with Crippen molar-refractivity contribution in [1.29, 1.82) is 0 Å². The van der Waals surface area contributed by atoms with E-state index in [1.165, 1.54) is 6.92 Å². The fourth-order valence-corrected chi connectivity index (χ4v) is 2.88. The van der Waals surface area contributed by atoms with Gasteiger partial charge in [0, 0.05) is 25.1 Å². The molecule has 0 unspecified atom stereocenters. The monoisotopic (exact) mass is 323 g/mol. The number of amides is 1. The fraction of sp³-hybridized carbons (Fsp3) is 0.529. The molecule has 23 heavy (non-hydrogen) atoms. The van der Waals surface area contributed by atoms with Crippen molar-refractivity contribution in [2.75, 3.05) is 13.1 Å². The Kier molecular flexibility index (Phi) is 4.33. The third-order valence-corrected chi connectivity index (χ3v) is 4.41. The second-order valence-corrected chi connectivity index (χ2v) is 6.39. The number of esters is 1. The maximum absolute atomic E-state index is 13.7. The summed E-state index contributed by atoms with van der Waals surface area (Å²) in [6, 6.07) is 3.04. The molecule has 1 saturated heterocycles. The largest absolute Gasteiger partial charge is 0.457 e. The minimum atomic E-state index is -0.897. The number of benzene rings is 1. The summed E-state index contributed by atoms with van der Waals surface area (Å²) in [6.07, 6.45) is 1.50. The van der Waals surface area contributed by atoms with Crippen molar-refractivity contribution in [3.8, 4) is 0 Å². The molecular weight excluding hydrogens is 304 g/mol. The molecule has 1 aromatic rings. The molecule has 1 saturated carbocycles. The van der Waals surface area contributed by atoms with E-state index in [9.17, 15) is 18.4 Å². The fourth-order valence-electron chi connectivity index (χ4n) is 2.88. The molecule has 124 valence electrons. The van der Waals surface area contributed by atoms with Crippen LogP contribution in [-0.2, 0) is 14.3 Å². The molecule has 1 aromatic carbocycles. The van der Waals surface area contributed by atoms with Crippen LogP contribution >= 0.6 is 0 Å². The lowest BCUT2D eigenvalue weighted by molar-refractivity contribution is -0.153. The van der Waals surface area contributed by atoms with Gasteiger partial charge in [0.15, 0.2) is 0 Å². The number of hydrogen-bond acceptors (Lipinski definition) is 3. The van der Waals surface area contributed by atoms with E-state index in [0.717, 1.165) is 31.0 Å². The van der Waals surface area contributed by atoms with Crippen molar-refractivity contribution < 1.29 is 23.1 Å². The molecule has 1 aliphatic heterocycles. The minimum Gasteiger partial charge on any atom is -0.457 e. The van der Waals surface area contributed by atoms with E-state index >= 15 is 0 Å². The van der Waals surface area contributed by atoms with Gasteiger partial charge in [-0.2, -0.15) is 0 Å². The van der Waals surface area contributed by atoms with Crippen molar-refractivity contribution >= 4 is 11.9 Å². The van der Waals surface area contributed by atoms with Gasteiger partial charge in [0.05, 0.1) is 5.92 Å². The van der Waals surface area contributed by atoms with E-state index in [-0.39, 0.29) is 17.9 Å². The Balaban J connectivity index is 1.60. The summed E-state index contributed by atoms with van der Waals surface area (Å²) in [5, 5.41) is 0. The second-order valence-electron chi connectivity index (χ2n) is 6.39. The highest BCUT2D eigenvalue weighted by Gasteiger charge is 2.38. The third-order valence-electron chi connectivity index (χ3n) is 4.41. The molecule has 1 amide bonds. The van der Waals surface area contributed by atoms with Crippen LogP contribution in [-0.4, -0.2) is 29.9 Å². The summed E-state index contributed by atoms with van der Waals surface area (Å²) in [6.45, 7) is 2.55. The highest BCUT2D eigenvalue weighted by molar-refractivity contribution is 5.86. The number of nitrogens with zero attached hydrogens (tertiary/aromatic N) is 1. The van der Waals surface area contributed by atoms with Crippen molar-refractivity contribution in [1.82, 2.24) is 4.90 Å². The number of hydrogen-bond donors (Lipinski definition) is 0. The molecule has 0 spiro atoms. The van der Waals surface area contributed by atoms with Crippen LogP contribution in [0.1, 0.15) is 37.9 Å². The molecule has 0 bridgehead atoms. The molecule has 1 aliphatic carbocycles. The van der Waals surface area contributed by atoms with Crippen molar-refractivity contribution in [3.05, 3.63) is 35.4 Å². The average Bonchev–Trinajstić information content (AvgIpc) is 3.24. The molecule has 0 radical (unpaired) electrons. The number of carbonyl (C=O) groups excluding carboxylic acids is 2. The quantitative estimate of drug-likeness (QED) is 0.783. The molecular formula is C17H19F2NO3. The summed E-state index contributed by atoms with van der Waals surface area (Å²) in [7, 11) is 0. The predicted molar refractivity (Wildman–Crippen MR) is 78.3 cm³/mol. The lowest BCUT2D eigenvalue weighted by Gasteiger charge is -2.18. The maximum Gasteiger partial charge on any atom is 0.311 e. The van der Waals surface area contributed by atoms with Crippen molar-refractivity contribution in [3.63, 3.8) is 0 Å². The zero-order valence-corrected chi connectivity index (χ0v) is 12.9. The van der Waals surface area contributed by atoms with Gasteiger partial charge in [-0.1, -0.05) is 0 Å². The van der Waals surface area contributed by atoms with Gasteiger partial charge < -0.3 is 9.64 Å². The summed E-state index contributed by atoms with van der Waals surface area (Å²) in [5.74, 6) is -1.74. The Hall–Kier alpha value is -1.98. The Morgan fingerprint density at radius 3 is 2.83 bits per heavy atom. The maximum atomic E-state index is 13.7. The average molecular weight is 323 g/mol. The summed E-state index contributed by atoms with van der Waals surface area (Å²) in [4.78, 5) is 25.8. The second kappa shape index (κ2) is 6.26.